The molecule has 1 atom stereocenters. The summed E-state index contributed by atoms with van der Waals surface area (Å²) in [6.07, 6.45) is 1.17. The fourth-order valence-corrected chi connectivity index (χ4v) is 3.30. The lowest BCUT2D eigenvalue weighted by Gasteiger charge is -2.18. The molecule has 1 aliphatic heterocycles. The second-order valence-corrected chi connectivity index (χ2v) is 6.78. The van der Waals surface area contributed by atoms with E-state index in [-0.39, 0.29) is 41.0 Å². The number of hydrogen-bond donors (Lipinski definition) is 2. The molecule has 21 heavy (non-hydrogen) atoms. The SMILES string of the molecule is NS(=O)(=O)CC1CC(=O)N(c2cnc(Cl)cc2C(=O)O)C1. The van der Waals surface area contributed by atoms with Crippen molar-refractivity contribution in [3.8, 4) is 0 Å². The highest BCUT2D eigenvalue weighted by atomic mass is 35.5. The second-order valence-electron chi connectivity index (χ2n) is 4.73. The molecule has 114 valence electrons. The number of carboxylic acid groups (broad SMARTS) is 1. The van der Waals surface area contributed by atoms with E-state index in [1.165, 1.54) is 11.1 Å². The normalized spacial score (nSPS) is 19.0. The van der Waals surface area contributed by atoms with Gasteiger partial charge in [-0.25, -0.2) is 23.3 Å². The number of amides is 1. The molecule has 3 N–H and O–H groups in total. The van der Waals surface area contributed by atoms with Gasteiger partial charge < -0.3 is 10.0 Å². The maximum Gasteiger partial charge on any atom is 0.337 e. The molecule has 0 radical (unpaired) electrons. The number of nitrogens with zero attached hydrogens (tertiary/aromatic N) is 2. The minimum Gasteiger partial charge on any atom is -0.478 e. The van der Waals surface area contributed by atoms with E-state index < -0.39 is 21.9 Å². The topological polar surface area (TPSA) is 131 Å². The van der Waals surface area contributed by atoms with Gasteiger partial charge in [0.1, 0.15) is 5.15 Å². The number of anilines is 1. The first-order valence-corrected chi connectivity index (χ1v) is 7.96. The van der Waals surface area contributed by atoms with Crippen LogP contribution in [0, 0.1) is 5.92 Å². The van der Waals surface area contributed by atoms with Crippen LogP contribution in [0.25, 0.3) is 0 Å². The molecule has 1 aromatic heterocycles. The molecule has 8 nitrogen and oxygen atoms in total. The van der Waals surface area contributed by atoms with Crippen LogP contribution in [0.1, 0.15) is 16.8 Å². The number of aromatic nitrogens is 1. The van der Waals surface area contributed by atoms with Crippen LogP contribution in [-0.2, 0) is 14.8 Å². The van der Waals surface area contributed by atoms with Crippen molar-refractivity contribution in [3.63, 3.8) is 0 Å². The quantitative estimate of drug-likeness (QED) is 0.750. The first kappa shape index (κ1) is 15.7. The van der Waals surface area contributed by atoms with Gasteiger partial charge in [-0.1, -0.05) is 11.6 Å². The zero-order valence-electron chi connectivity index (χ0n) is 10.7. The van der Waals surface area contributed by atoms with E-state index in [9.17, 15) is 18.0 Å². The Morgan fingerprint density at radius 2 is 2.24 bits per heavy atom. The number of rotatable bonds is 4. The van der Waals surface area contributed by atoms with Gasteiger partial charge in [-0.3, -0.25) is 4.79 Å². The molecule has 0 bridgehead atoms. The van der Waals surface area contributed by atoms with Crippen LogP contribution >= 0.6 is 11.6 Å². The highest BCUT2D eigenvalue weighted by Gasteiger charge is 2.34. The first-order valence-electron chi connectivity index (χ1n) is 5.87. The van der Waals surface area contributed by atoms with Crippen molar-refractivity contribution < 1.29 is 23.1 Å². The molecule has 1 amide bonds. The van der Waals surface area contributed by atoms with Gasteiger partial charge in [0.05, 0.1) is 23.2 Å². The lowest BCUT2D eigenvalue weighted by molar-refractivity contribution is -0.117. The molecular formula is C11H12ClN3O5S. The summed E-state index contributed by atoms with van der Waals surface area (Å²) in [7, 11) is -3.70. The van der Waals surface area contributed by atoms with Crippen LogP contribution in [0.5, 0.6) is 0 Å². The Labute approximate surface area is 125 Å². The van der Waals surface area contributed by atoms with Crippen LogP contribution in [0.4, 0.5) is 5.69 Å². The number of nitrogens with two attached hydrogens (primary N) is 1. The Hall–Kier alpha value is -1.71. The Balaban J connectivity index is 2.31. The molecule has 2 heterocycles. The van der Waals surface area contributed by atoms with Gasteiger partial charge in [0.2, 0.25) is 15.9 Å². The molecule has 1 aliphatic rings. The highest BCUT2D eigenvalue weighted by molar-refractivity contribution is 7.89. The molecule has 0 aromatic carbocycles. The van der Waals surface area contributed by atoms with E-state index in [1.54, 1.807) is 0 Å². The zero-order valence-corrected chi connectivity index (χ0v) is 12.3. The van der Waals surface area contributed by atoms with Gasteiger partial charge in [0.15, 0.2) is 0 Å². The van der Waals surface area contributed by atoms with Crippen molar-refractivity contribution in [2.75, 3.05) is 17.2 Å². The van der Waals surface area contributed by atoms with Gasteiger partial charge in [0, 0.05) is 18.9 Å². The molecule has 1 unspecified atom stereocenters. The third-order valence-electron chi connectivity index (χ3n) is 3.04. The van der Waals surface area contributed by atoms with Crippen molar-refractivity contribution >= 4 is 39.2 Å². The van der Waals surface area contributed by atoms with Crippen molar-refractivity contribution in [2.24, 2.45) is 11.1 Å². The average molecular weight is 334 g/mol. The number of hydrogen-bond acceptors (Lipinski definition) is 5. The molecule has 2 rings (SSSR count). The highest BCUT2D eigenvalue weighted by Crippen LogP contribution is 2.29. The van der Waals surface area contributed by atoms with E-state index >= 15 is 0 Å². The summed E-state index contributed by atoms with van der Waals surface area (Å²) in [5, 5.41) is 14.1. The number of carbonyl (C=O) groups excluding carboxylic acids is 1. The predicted molar refractivity (Wildman–Crippen MR) is 74.6 cm³/mol. The number of halogens is 1. The van der Waals surface area contributed by atoms with Crippen LogP contribution < -0.4 is 10.0 Å². The van der Waals surface area contributed by atoms with Gasteiger partial charge in [0.25, 0.3) is 0 Å². The van der Waals surface area contributed by atoms with Crippen LogP contribution in [0.15, 0.2) is 12.3 Å². The second kappa shape index (κ2) is 5.58. The van der Waals surface area contributed by atoms with E-state index in [4.69, 9.17) is 21.8 Å². The molecule has 0 spiro atoms. The van der Waals surface area contributed by atoms with Crippen molar-refractivity contribution in [1.29, 1.82) is 0 Å². The number of pyridine rings is 1. The standard InChI is InChI=1S/C11H12ClN3O5S/c12-9-2-7(11(17)18)8(3-14-9)15-4-6(1-10(15)16)5-21(13,19)20/h2-3,6H,1,4-5H2,(H,17,18)(H2,13,19,20). The maximum absolute atomic E-state index is 12.0. The molecular weight excluding hydrogens is 322 g/mol. The number of primary sulfonamides is 1. The lowest BCUT2D eigenvalue weighted by atomic mass is 10.1. The summed E-state index contributed by atoms with van der Waals surface area (Å²) < 4.78 is 22.2. The fraction of sp³-hybridized carbons (Fsp3) is 0.364. The minimum absolute atomic E-state index is 0.0103. The minimum atomic E-state index is -3.70. The van der Waals surface area contributed by atoms with Crippen LogP contribution in [0.3, 0.4) is 0 Å². The summed E-state index contributed by atoms with van der Waals surface area (Å²) in [6.45, 7) is 0.0683. The molecule has 1 fully saturated rings. The van der Waals surface area contributed by atoms with Gasteiger partial charge in [-0.05, 0) is 6.07 Å². The summed E-state index contributed by atoms with van der Waals surface area (Å²) in [4.78, 5) is 28.1. The molecule has 1 saturated heterocycles. The third kappa shape index (κ3) is 3.69. The van der Waals surface area contributed by atoms with Crippen molar-refractivity contribution in [3.05, 3.63) is 23.0 Å². The van der Waals surface area contributed by atoms with Gasteiger partial charge in [-0.2, -0.15) is 0 Å². The number of aromatic carboxylic acids is 1. The number of carboxylic acids is 1. The molecule has 10 heteroatoms. The summed E-state index contributed by atoms with van der Waals surface area (Å²) in [5.41, 5.74) is -0.0755. The summed E-state index contributed by atoms with van der Waals surface area (Å²) >= 11 is 5.65. The monoisotopic (exact) mass is 333 g/mol. The van der Waals surface area contributed by atoms with Crippen LogP contribution in [-0.4, -0.2) is 42.7 Å². The zero-order chi connectivity index (χ0) is 15.8. The lowest BCUT2D eigenvalue weighted by Crippen LogP contribution is -2.28. The Kier molecular flexibility index (Phi) is 4.17. The first-order chi connectivity index (χ1) is 9.67. The number of carbonyl (C=O) groups is 2. The van der Waals surface area contributed by atoms with E-state index in [0.717, 1.165) is 6.07 Å². The van der Waals surface area contributed by atoms with Crippen molar-refractivity contribution in [1.82, 2.24) is 4.98 Å². The largest absolute Gasteiger partial charge is 0.478 e. The van der Waals surface area contributed by atoms with Crippen molar-refractivity contribution in [2.45, 2.75) is 6.42 Å². The number of sulfonamides is 1. The molecule has 0 aliphatic carbocycles. The fourth-order valence-electron chi connectivity index (χ4n) is 2.26. The maximum atomic E-state index is 12.0. The Morgan fingerprint density at radius 1 is 1.57 bits per heavy atom. The predicted octanol–water partition coefficient (Wildman–Crippen LogP) is 0.0746. The van der Waals surface area contributed by atoms with Gasteiger partial charge >= 0.3 is 5.97 Å². The molecule has 0 saturated carbocycles. The Morgan fingerprint density at radius 3 is 2.81 bits per heavy atom. The van der Waals surface area contributed by atoms with E-state index in [0.29, 0.717) is 0 Å². The smallest absolute Gasteiger partial charge is 0.337 e. The van der Waals surface area contributed by atoms with Crippen LogP contribution in [0.2, 0.25) is 5.15 Å². The summed E-state index contributed by atoms with van der Waals surface area (Å²) in [5.74, 6) is -2.45. The van der Waals surface area contributed by atoms with E-state index in [2.05, 4.69) is 4.98 Å². The average Bonchev–Trinajstić information content (AvgIpc) is 2.67. The molecule has 1 aromatic rings. The van der Waals surface area contributed by atoms with Gasteiger partial charge in [-0.15, -0.1) is 0 Å². The summed E-state index contributed by atoms with van der Waals surface area (Å²) in [6, 6.07) is 1.14. The van der Waals surface area contributed by atoms with E-state index in [1.807, 2.05) is 0 Å². The Bertz CT molecular complexity index is 706. The third-order valence-corrected chi connectivity index (χ3v) is 4.19.